The van der Waals surface area contributed by atoms with Gasteiger partial charge in [0, 0.05) is 11.8 Å². The Balaban J connectivity index is 0. The topological polar surface area (TPSA) is 141 Å². The zero-order chi connectivity index (χ0) is 22.9. The van der Waals surface area contributed by atoms with Gasteiger partial charge in [-0.25, -0.2) is 0 Å². The van der Waals surface area contributed by atoms with Gasteiger partial charge in [-0.05, 0) is 30.6 Å². The fraction of sp³-hybridized carbons (Fsp3) is 0.810. The first-order valence-corrected chi connectivity index (χ1v) is 9.89. The van der Waals surface area contributed by atoms with Gasteiger partial charge in [0.1, 0.15) is 5.78 Å². The molecule has 0 aliphatic carbocycles. The molecule has 0 aliphatic heterocycles. The summed E-state index contributed by atoms with van der Waals surface area (Å²) in [7, 11) is 0. The molecule has 7 nitrogen and oxygen atoms in total. The molecule has 28 heavy (non-hydrogen) atoms. The molecule has 0 fully saturated rings. The van der Waals surface area contributed by atoms with Crippen molar-refractivity contribution in [2.45, 2.75) is 62.3 Å². The standard InChI is InChI=1S/C11H21NO2.C10H19NO3/c1-6(2)9(8(5)13)10(7(3)4)11(12)14;1-5(2)7(9(11)12)8(6(3)4)10(13)14/h6-7,9-10H,1-5H3,(H2,12,14);5-8H,1-4H3,(H2,11,12)(H,13,14). The monoisotopic (exact) mass is 400 g/mol. The van der Waals surface area contributed by atoms with Crippen LogP contribution in [0.25, 0.3) is 0 Å². The second-order valence-electron chi connectivity index (χ2n) is 8.83. The van der Waals surface area contributed by atoms with Crippen molar-refractivity contribution in [3.8, 4) is 0 Å². The maximum Gasteiger partial charge on any atom is 0.307 e. The Morgan fingerprint density at radius 2 is 0.821 bits per heavy atom. The second-order valence-corrected chi connectivity index (χ2v) is 8.83. The molecule has 0 heterocycles. The number of Topliss-reactive ketones (excluding diaryl/α,β-unsaturated/α-hetero) is 1. The first-order valence-electron chi connectivity index (χ1n) is 9.89. The maximum absolute atomic E-state index is 11.4. The molecular formula is C21H40N2O5. The number of hydrogen-bond donors (Lipinski definition) is 3. The molecule has 0 aliphatic rings. The fourth-order valence-corrected chi connectivity index (χ4v) is 3.83. The van der Waals surface area contributed by atoms with E-state index < -0.39 is 23.7 Å². The zero-order valence-electron chi connectivity index (χ0n) is 18.9. The average molecular weight is 401 g/mol. The number of hydrogen-bond acceptors (Lipinski definition) is 4. The number of primary amides is 2. The Kier molecular flexibility index (Phi) is 12.7. The molecule has 0 radical (unpaired) electrons. The molecule has 0 spiro atoms. The number of ketones is 1. The van der Waals surface area contributed by atoms with E-state index in [1.54, 1.807) is 13.8 Å². The zero-order valence-corrected chi connectivity index (χ0v) is 18.9. The Hall–Kier alpha value is -1.92. The van der Waals surface area contributed by atoms with Gasteiger partial charge in [0.25, 0.3) is 0 Å². The van der Waals surface area contributed by atoms with Crippen LogP contribution in [0, 0.1) is 47.3 Å². The Morgan fingerprint density at radius 1 is 0.571 bits per heavy atom. The van der Waals surface area contributed by atoms with E-state index in [0.29, 0.717) is 0 Å². The molecule has 0 aromatic carbocycles. The summed E-state index contributed by atoms with van der Waals surface area (Å²) in [6.45, 7) is 16.5. The highest BCUT2D eigenvalue weighted by molar-refractivity contribution is 5.87. The van der Waals surface area contributed by atoms with E-state index >= 15 is 0 Å². The highest BCUT2D eigenvalue weighted by Gasteiger charge is 2.36. The minimum Gasteiger partial charge on any atom is -0.481 e. The van der Waals surface area contributed by atoms with Crippen molar-refractivity contribution >= 4 is 23.6 Å². The molecular weight excluding hydrogens is 360 g/mol. The van der Waals surface area contributed by atoms with Crippen LogP contribution in [0.4, 0.5) is 0 Å². The highest BCUT2D eigenvalue weighted by atomic mass is 16.4. The van der Waals surface area contributed by atoms with Crippen molar-refractivity contribution in [3.05, 3.63) is 0 Å². The lowest BCUT2D eigenvalue weighted by molar-refractivity contribution is -0.150. The molecule has 0 saturated carbocycles. The largest absolute Gasteiger partial charge is 0.481 e. The van der Waals surface area contributed by atoms with E-state index in [1.165, 1.54) is 6.92 Å². The highest BCUT2D eigenvalue weighted by Crippen LogP contribution is 2.28. The molecule has 0 aromatic heterocycles. The van der Waals surface area contributed by atoms with Gasteiger partial charge in [-0.2, -0.15) is 0 Å². The first kappa shape index (κ1) is 28.3. The third-order valence-corrected chi connectivity index (χ3v) is 5.06. The van der Waals surface area contributed by atoms with Crippen LogP contribution in [0.5, 0.6) is 0 Å². The smallest absolute Gasteiger partial charge is 0.307 e. The van der Waals surface area contributed by atoms with Crippen LogP contribution < -0.4 is 11.5 Å². The number of carboxylic acids is 1. The summed E-state index contributed by atoms with van der Waals surface area (Å²) in [5.74, 6) is -3.51. The predicted octanol–water partition coefficient (Wildman–Crippen LogP) is 2.71. The molecule has 4 unspecified atom stereocenters. The van der Waals surface area contributed by atoms with Crippen molar-refractivity contribution < 1.29 is 24.3 Å². The summed E-state index contributed by atoms with van der Waals surface area (Å²) in [6.07, 6.45) is 0. The minimum atomic E-state index is -0.947. The number of carbonyl (C=O) groups excluding carboxylic acids is 3. The Morgan fingerprint density at radius 3 is 0.893 bits per heavy atom. The Bertz CT molecular complexity index is 445. The molecule has 0 aromatic rings. The normalized spacial score (nSPS) is 15.6. The van der Waals surface area contributed by atoms with Crippen LogP contribution in [0.15, 0.2) is 0 Å². The van der Waals surface area contributed by atoms with E-state index in [2.05, 4.69) is 0 Å². The number of nitrogens with two attached hydrogens (primary N) is 2. The molecule has 164 valence electrons. The molecule has 0 rings (SSSR count). The van der Waals surface area contributed by atoms with Crippen molar-refractivity contribution in [2.24, 2.45) is 58.8 Å². The van der Waals surface area contributed by atoms with Crippen LogP contribution >= 0.6 is 0 Å². The van der Waals surface area contributed by atoms with Gasteiger partial charge in [-0.15, -0.1) is 0 Å². The van der Waals surface area contributed by atoms with Gasteiger partial charge in [0.2, 0.25) is 11.8 Å². The van der Waals surface area contributed by atoms with E-state index in [0.717, 1.165) is 0 Å². The molecule has 2 amide bonds. The van der Waals surface area contributed by atoms with E-state index in [9.17, 15) is 19.2 Å². The summed E-state index contributed by atoms with van der Waals surface area (Å²) in [6, 6.07) is 0. The van der Waals surface area contributed by atoms with Crippen LogP contribution in [-0.2, 0) is 19.2 Å². The first-order chi connectivity index (χ1) is 12.6. The van der Waals surface area contributed by atoms with Crippen LogP contribution in [-0.4, -0.2) is 28.7 Å². The van der Waals surface area contributed by atoms with E-state index in [-0.39, 0.29) is 47.2 Å². The number of carbonyl (C=O) groups is 4. The molecule has 0 bridgehead atoms. The predicted molar refractivity (Wildman–Crippen MR) is 110 cm³/mol. The summed E-state index contributed by atoms with van der Waals surface area (Å²) in [5.41, 5.74) is 10.5. The quantitative estimate of drug-likeness (QED) is 0.517. The molecule has 4 atom stereocenters. The summed E-state index contributed by atoms with van der Waals surface area (Å²) < 4.78 is 0. The summed E-state index contributed by atoms with van der Waals surface area (Å²) in [4.78, 5) is 44.8. The van der Waals surface area contributed by atoms with Gasteiger partial charge < -0.3 is 16.6 Å². The van der Waals surface area contributed by atoms with Crippen LogP contribution in [0.1, 0.15) is 62.3 Å². The number of carboxylic acid groups (broad SMARTS) is 1. The van der Waals surface area contributed by atoms with Crippen molar-refractivity contribution in [3.63, 3.8) is 0 Å². The SMILES string of the molecule is CC(=O)C(C(C)C)C(C(N)=O)C(C)C.CC(C)C(C(N)=O)C(C(=O)O)C(C)C. The lowest BCUT2D eigenvalue weighted by atomic mass is 9.75. The average Bonchev–Trinajstić information content (AvgIpc) is 2.47. The third kappa shape index (κ3) is 8.85. The lowest BCUT2D eigenvalue weighted by Crippen LogP contribution is -2.40. The maximum atomic E-state index is 11.4. The van der Waals surface area contributed by atoms with Crippen molar-refractivity contribution in [2.75, 3.05) is 0 Å². The Labute approximate surface area is 169 Å². The van der Waals surface area contributed by atoms with Gasteiger partial charge in [-0.1, -0.05) is 55.4 Å². The molecule has 7 heteroatoms. The third-order valence-electron chi connectivity index (χ3n) is 5.06. The summed E-state index contributed by atoms with van der Waals surface area (Å²) in [5, 5.41) is 9.00. The van der Waals surface area contributed by atoms with Gasteiger partial charge in [0.05, 0.1) is 11.8 Å². The number of amides is 2. The fourth-order valence-electron chi connectivity index (χ4n) is 3.83. The van der Waals surface area contributed by atoms with Gasteiger partial charge >= 0.3 is 5.97 Å². The van der Waals surface area contributed by atoms with Gasteiger partial charge in [-0.3, -0.25) is 19.2 Å². The van der Waals surface area contributed by atoms with Crippen molar-refractivity contribution in [1.29, 1.82) is 0 Å². The summed E-state index contributed by atoms with van der Waals surface area (Å²) >= 11 is 0. The van der Waals surface area contributed by atoms with E-state index in [1.807, 2.05) is 41.5 Å². The van der Waals surface area contributed by atoms with E-state index in [4.69, 9.17) is 16.6 Å². The second kappa shape index (κ2) is 12.5. The van der Waals surface area contributed by atoms with Gasteiger partial charge in [0.15, 0.2) is 0 Å². The number of rotatable bonds is 10. The minimum absolute atomic E-state index is 0.0454. The lowest BCUT2D eigenvalue weighted by Gasteiger charge is -2.28. The van der Waals surface area contributed by atoms with Crippen LogP contribution in [0.2, 0.25) is 0 Å². The van der Waals surface area contributed by atoms with Crippen molar-refractivity contribution in [1.82, 2.24) is 0 Å². The molecule has 0 saturated heterocycles. The van der Waals surface area contributed by atoms with Crippen LogP contribution in [0.3, 0.4) is 0 Å². The number of aliphatic carboxylic acids is 1. The molecule has 5 N–H and O–H groups in total.